The maximum atomic E-state index is 12.7. The highest BCUT2D eigenvalue weighted by molar-refractivity contribution is 7.88. The minimum atomic E-state index is -3.26. The number of nitrogens with zero attached hydrogens (tertiary/aromatic N) is 4. The van der Waals surface area contributed by atoms with Gasteiger partial charge in [0.2, 0.25) is 10.0 Å². The van der Waals surface area contributed by atoms with Gasteiger partial charge in [0.1, 0.15) is 0 Å². The molecule has 1 aliphatic heterocycles. The zero-order valence-corrected chi connectivity index (χ0v) is 16.2. The predicted octanol–water partition coefficient (Wildman–Crippen LogP) is 0.680. The number of pyridine rings is 1. The molecule has 8 nitrogen and oxygen atoms in total. The first-order chi connectivity index (χ1) is 12.2. The molecule has 0 spiro atoms. The Kier molecular flexibility index (Phi) is 4.85. The van der Waals surface area contributed by atoms with Crippen molar-refractivity contribution < 1.29 is 13.2 Å². The van der Waals surface area contributed by atoms with Crippen molar-refractivity contribution in [3.8, 4) is 0 Å². The van der Waals surface area contributed by atoms with Gasteiger partial charge in [-0.3, -0.25) is 14.5 Å². The number of aryl methyl sites for hydroxylation is 2. The Morgan fingerprint density at radius 2 is 2.04 bits per heavy atom. The van der Waals surface area contributed by atoms with Gasteiger partial charge in [-0.25, -0.2) is 8.42 Å². The van der Waals surface area contributed by atoms with Gasteiger partial charge in [-0.1, -0.05) is 0 Å². The number of nitrogens with one attached hydrogen (secondary N) is 1. The van der Waals surface area contributed by atoms with Crippen molar-refractivity contribution in [3.63, 3.8) is 0 Å². The monoisotopic (exact) mass is 377 g/mol. The Morgan fingerprint density at radius 3 is 2.65 bits per heavy atom. The van der Waals surface area contributed by atoms with Crippen LogP contribution in [0.1, 0.15) is 38.4 Å². The molecule has 0 saturated carbocycles. The summed E-state index contributed by atoms with van der Waals surface area (Å²) in [5, 5.41) is 7.29. The fourth-order valence-corrected chi connectivity index (χ4v) is 4.08. The van der Waals surface area contributed by atoms with Crippen LogP contribution in [0.2, 0.25) is 0 Å². The van der Waals surface area contributed by atoms with Crippen molar-refractivity contribution in [2.24, 2.45) is 7.05 Å². The summed E-state index contributed by atoms with van der Waals surface area (Å²) < 4.78 is 26.7. The molecule has 1 N–H and O–H groups in total. The first-order valence-electron chi connectivity index (χ1n) is 8.36. The molecule has 9 heteroatoms. The van der Waals surface area contributed by atoms with Crippen LogP contribution in [-0.4, -0.2) is 46.2 Å². The van der Waals surface area contributed by atoms with Crippen LogP contribution in [0.25, 0.3) is 0 Å². The molecule has 3 heterocycles. The first-order valence-corrected chi connectivity index (χ1v) is 10.2. The average Bonchev–Trinajstić information content (AvgIpc) is 2.83. The van der Waals surface area contributed by atoms with E-state index < -0.39 is 10.0 Å². The van der Waals surface area contributed by atoms with Gasteiger partial charge >= 0.3 is 0 Å². The Morgan fingerprint density at radius 1 is 1.31 bits per heavy atom. The lowest BCUT2D eigenvalue weighted by molar-refractivity contribution is 0.0949. The Balaban J connectivity index is 1.79. The van der Waals surface area contributed by atoms with E-state index in [-0.39, 0.29) is 12.5 Å². The average molecular weight is 377 g/mol. The summed E-state index contributed by atoms with van der Waals surface area (Å²) in [6.07, 6.45) is 4.88. The molecular weight excluding hydrogens is 354 g/mol. The van der Waals surface area contributed by atoms with Crippen molar-refractivity contribution in [2.75, 3.05) is 12.8 Å². The summed E-state index contributed by atoms with van der Waals surface area (Å²) in [5.41, 5.74) is 5.07. The summed E-state index contributed by atoms with van der Waals surface area (Å²) in [6, 6.07) is 0. The number of sulfonamides is 1. The van der Waals surface area contributed by atoms with E-state index in [4.69, 9.17) is 0 Å². The summed E-state index contributed by atoms with van der Waals surface area (Å²) in [5.74, 6) is -0.204. The quantitative estimate of drug-likeness (QED) is 0.845. The van der Waals surface area contributed by atoms with Crippen molar-refractivity contribution in [3.05, 3.63) is 46.0 Å². The van der Waals surface area contributed by atoms with Crippen LogP contribution < -0.4 is 5.32 Å². The maximum Gasteiger partial charge on any atom is 0.253 e. The smallest absolute Gasteiger partial charge is 0.253 e. The highest BCUT2D eigenvalue weighted by Crippen LogP contribution is 2.23. The molecule has 0 aliphatic carbocycles. The fourth-order valence-electron chi connectivity index (χ4n) is 3.28. The normalized spacial score (nSPS) is 14.9. The molecule has 0 unspecified atom stereocenters. The lowest BCUT2D eigenvalue weighted by Gasteiger charge is -2.27. The number of rotatable bonds is 4. The SMILES string of the molecule is Cc1nn(C)c(C)c1CNC(=O)c1cncc2c1CCN(S(C)(=O)=O)C2. The molecule has 1 amide bonds. The molecule has 3 rings (SSSR count). The minimum Gasteiger partial charge on any atom is -0.348 e. The van der Waals surface area contributed by atoms with E-state index in [0.29, 0.717) is 25.1 Å². The molecule has 0 fully saturated rings. The van der Waals surface area contributed by atoms with Crippen LogP contribution in [0.4, 0.5) is 0 Å². The molecule has 26 heavy (non-hydrogen) atoms. The van der Waals surface area contributed by atoms with E-state index in [1.807, 2.05) is 20.9 Å². The number of hydrogen-bond acceptors (Lipinski definition) is 5. The van der Waals surface area contributed by atoms with E-state index in [2.05, 4.69) is 15.4 Å². The van der Waals surface area contributed by atoms with Gasteiger partial charge in [-0.2, -0.15) is 9.40 Å². The Hall–Kier alpha value is -2.26. The summed E-state index contributed by atoms with van der Waals surface area (Å²) in [7, 11) is -1.39. The van der Waals surface area contributed by atoms with Crippen LogP contribution in [0.3, 0.4) is 0 Å². The van der Waals surface area contributed by atoms with Gasteiger partial charge in [0.15, 0.2) is 0 Å². The number of carbonyl (C=O) groups is 1. The predicted molar refractivity (Wildman–Crippen MR) is 97.0 cm³/mol. The lowest BCUT2D eigenvalue weighted by atomic mass is 9.98. The van der Waals surface area contributed by atoms with Crippen LogP contribution in [0.5, 0.6) is 0 Å². The van der Waals surface area contributed by atoms with Gasteiger partial charge in [0.25, 0.3) is 5.91 Å². The second kappa shape index (κ2) is 6.81. The highest BCUT2D eigenvalue weighted by Gasteiger charge is 2.26. The summed E-state index contributed by atoms with van der Waals surface area (Å²) in [4.78, 5) is 16.8. The number of amides is 1. The molecule has 2 aromatic heterocycles. The van der Waals surface area contributed by atoms with Crippen molar-refractivity contribution in [1.82, 2.24) is 24.4 Å². The fraction of sp³-hybridized carbons (Fsp3) is 0.471. The number of fused-ring (bicyclic) bond motifs is 1. The third-order valence-corrected chi connectivity index (χ3v) is 6.15. The van der Waals surface area contributed by atoms with Crippen molar-refractivity contribution >= 4 is 15.9 Å². The summed E-state index contributed by atoms with van der Waals surface area (Å²) >= 11 is 0. The molecule has 0 saturated heterocycles. The third kappa shape index (κ3) is 3.49. The van der Waals surface area contributed by atoms with Gasteiger partial charge < -0.3 is 5.32 Å². The van der Waals surface area contributed by atoms with Crippen LogP contribution >= 0.6 is 0 Å². The van der Waals surface area contributed by atoms with E-state index in [9.17, 15) is 13.2 Å². The molecule has 2 aromatic rings. The zero-order chi connectivity index (χ0) is 19.1. The molecule has 1 aliphatic rings. The minimum absolute atomic E-state index is 0.204. The Bertz CT molecular complexity index is 965. The maximum absolute atomic E-state index is 12.7. The van der Waals surface area contributed by atoms with Crippen LogP contribution in [0, 0.1) is 13.8 Å². The van der Waals surface area contributed by atoms with E-state index in [1.165, 1.54) is 10.6 Å². The Labute approximate surface area is 153 Å². The lowest BCUT2D eigenvalue weighted by Crippen LogP contribution is -2.36. The standard InChI is InChI=1S/C17H23N5O3S/c1-11-15(12(2)21(3)20-11)9-19-17(23)16-8-18-7-13-10-22(26(4,24)25)6-5-14(13)16/h7-8H,5-6,9-10H2,1-4H3,(H,19,23). The molecule has 0 aromatic carbocycles. The first kappa shape index (κ1) is 18.5. The number of aromatic nitrogens is 3. The second-order valence-corrected chi connectivity index (χ2v) is 8.61. The van der Waals surface area contributed by atoms with E-state index >= 15 is 0 Å². The van der Waals surface area contributed by atoms with E-state index in [1.54, 1.807) is 17.1 Å². The zero-order valence-electron chi connectivity index (χ0n) is 15.4. The molecular formula is C17H23N5O3S. The van der Waals surface area contributed by atoms with E-state index in [0.717, 1.165) is 28.1 Å². The topological polar surface area (TPSA) is 97.2 Å². The van der Waals surface area contributed by atoms with Crippen molar-refractivity contribution in [2.45, 2.75) is 33.4 Å². The molecule has 0 bridgehead atoms. The van der Waals surface area contributed by atoms with Gasteiger partial charge in [0.05, 0.1) is 17.5 Å². The van der Waals surface area contributed by atoms with Gasteiger partial charge in [0, 0.05) is 50.3 Å². The summed E-state index contributed by atoms with van der Waals surface area (Å²) in [6.45, 7) is 4.90. The largest absolute Gasteiger partial charge is 0.348 e. The van der Waals surface area contributed by atoms with Crippen molar-refractivity contribution in [1.29, 1.82) is 0 Å². The third-order valence-electron chi connectivity index (χ3n) is 4.90. The van der Waals surface area contributed by atoms with Gasteiger partial charge in [-0.15, -0.1) is 0 Å². The highest BCUT2D eigenvalue weighted by atomic mass is 32.2. The van der Waals surface area contributed by atoms with Gasteiger partial charge in [-0.05, 0) is 31.4 Å². The van der Waals surface area contributed by atoms with Crippen LogP contribution in [-0.2, 0) is 36.6 Å². The number of hydrogen-bond donors (Lipinski definition) is 1. The molecule has 0 atom stereocenters. The second-order valence-electron chi connectivity index (χ2n) is 6.63. The molecule has 0 radical (unpaired) electrons. The molecule has 140 valence electrons. The number of carbonyl (C=O) groups excluding carboxylic acids is 1. The van der Waals surface area contributed by atoms with Crippen LogP contribution in [0.15, 0.2) is 12.4 Å².